The molecule has 0 saturated heterocycles. The summed E-state index contributed by atoms with van der Waals surface area (Å²) in [4.78, 5) is 0. The SMILES string of the molecule is CC(CCCl)CCOc1ccc(Br)cc1Cl. The van der Waals surface area contributed by atoms with Gasteiger partial charge in [0.25, 0.3) is 0 Å². The number of ether oxygens (including phenoxy) is 1. The Hall–Kier alpha value is 0.0800. The number of rotatable bonds is 6. The minimum Gasteiger partial charge on any atom is -0.492 e. The third-order valence-electron chi connectivity index (χ3n) is 2.36. The van der Waals surface area contributed by atoms with E-state index in [0.29, 0.717) is 23.4 Å². The third-order valence-corrected chi connectivity index (χ3v) is 3.37. The van der Waals surface area contributed by atoms with Crippen LogP contribution in [-0.4, -0.2) is 12.5 Å². The van der Waals surface area contributed by atoms with E-state index in [1.807, 2.05) is 18.2 Å². The molecule has 0 saturated carbocycles. The first kappa shape index (κ1) is 14.1. The highest BCUT2D eigenvalue weighted by Gasteiger charge is 2.04. The molecule has 0 heterocycles. The van der Waals surface area contributed by atoms with Crippen LogP contribution in [0.4, 0.5) is 0 Å². The molecule has 4 heteroatoms. The van der Waals surface area contributed by atoms with Crippen LogP contribution in [-0.2, 0) is 0 Å². The fourth-order valence-electron chi connectivity index (χ4n) is 1.29. The van der Waals surface area contributed by atoms with Crippen LogP contribution >= 0.6 is 39.1 Å². The zero-order chi connectivity index (χ0) is 12.0. The van der Waals surface area contributed by atoms with Crippen LogP contribution < -0.4 is 4.74 Å². The smallest absolute Gasteiger partial charge is 0.137 e. The van der Waals surface area contributed by atoms with E-state index in [1.165, 1.54) is 0 Å². The Balaban J connectivity index is 2.37. The number of benzene rings is 1. The van der Waals surface area contributed by atoms with E-state index in [9.17, 15) is 0 Å². The average molecular weight is 326 g/mol. The molecule has 0 aliphatic heterocycles. The zero-order valence-electron chi connectivity index (χ0n) is 9.18. The molecule has 1 rings (SSSR count). The molecule has 0 aromatic heterocycles. The molecule has 0 aliphatic carbocycles. The summed E-state index contributed by atoms with van der Waals surface area (Å²) in [6.45, 7) is 2.86. The van der Waals surface area contributed by atoms with Crippen LogP contribution in [0.2, 0.25) is 5.02 Å². The van der Waals surface area contributed by atoms with Crippen molar-refractivity contribution in [2.24, 2.45) is 5.92 Å². The van der Waals surface area contributed by atoms with Gasteiger partial charge in [-0.2, -0.15) is 0 Å². The van der Waals surface area contributed by atoms with Crippen LogP contribution in [0.5, 0.6) is 5.75 Å². The Morgan fingerprint density at radius 2 is 2.12 bits per heavy atom. The lowest BCUT2D eigenvalue weighted by Crippen LogP contribution is -2.05. The van der Waals surface area contributed by atoms with Crippen LogP contribution in [0.15, 0.2) is 22.7 Å². The highest BCUT2D eigenvalue weighted by atomic mass is 79.9. The minimum atomic E-state index is 0.590. The van der Waals surface area contributed by atoms with Crippen molar-refractivity contribution in [3.8, 4) is 5.75 Å². The van der Waals surface area contributed by atoms with E-state index >= 15 is 0 Å². The lowest BCUT2D eigenvalue weighted by molar-refractivity contribution is 0.282. The number of hydrogen-bond acceptors (Lipinski definition) is 1. The van der Waals surface area contributed by atoms with E-state index in [2.05, 4.69) is 22.9 Å². The topological polar surface area (TPSA) is 9.23 Å². The van der Waals surface area contributed by atoms with Gasteiger partial charge in [0.15, 0.2) is 0 Å². The summed E-state index contributed by atoms with van der Waals surface area (Å²) in [6, 6.07) is 5.63. The van der Waals surface area contributed by atoms with E-state index in [1.54, 1.807) is 0 Å². The number of halogens is 3. The van der Waals surface area contributed by atoms with Gasteiger partial charge in [-0.05, 0) is 37.0 Å². The lowest BCUT2D eigenvalue weighted by Gasteiger charge is -2.11. The van der Waals surface area contributed by atoms with Gasteiger partial charge in [0.05, 0.1) is 11.6 Å². The van der Waals surface area contributed by atoms with Crippen LogP contribution in [0.1, 0.15) is 19.8 Å². The highest BCUT2D eigenvalue weighted by Crippen LogP contribution is 2.28. The quantitative estimate of drug-likeness (QED) is 0.658. The van der Waals surface area contributed by atoms with Crippen molar-refractivity contribution in [2.45, 2.75) is 19.8 Å². The third kappa shape index (κ3) is 4.94. The van der Waals surface area contributed by atoms with Gasteiger partial charge in [0.2, 0.25) is 0 Å². The van der Waals surface area contributed by atoms with Crippen LogP contribution in [0.3, 0.4) is 0 Å². The molecule has 0 spiro atoms. The van der Waals surface area contributed by atoms with Gasteiger partial charge < -0.3 is 4.74 Å². The van der Waals surface area contributed by atoms with Gasteiger partial charge >= 0.3 is 0 Å². The molecular weight excluding hydrogens is 311 g/mol. The Labute approximate surface area is 115 Å². The van der Waals surface area contributed by atoms with E-state index < -0.39 is 0 Å². The molecule has 1 aromatic carbocycles. The van der Waals surface area contributed by atoms with Crippen LogP contribution in [0.25, 0.3) is 0 Å². The van der Waals surface area contributed by atoms with Gasteiger partial charge in [-0.15, -0.1) is 11.6 Å². The summed E-state index contributed by atoms with van der Waals surface area (Å²) in [5.74, 6) is 2.04. The molecule has 0 fully saturated rings. The second-order valence-electron chi connectivity index (χ2n) is 3.79. The second kappa shape index (κ2) is 7.41. The second-order valence-corrected chi connectivity index (χ2v) is 5.50. The lowest BCUT2D eigenvalue weighted by atomic mass is 10.1. The van der Waals surface area contributed by atoms with Gasteiger partial charge in [-0.3, -0.25) is 0 Å². The molecule has 0 N–H and O–H groups in total. The first-order valence-electron chi connectivity index (χ1n) is 5.27. The summed E-state index contributed by atoms with van der Waals surface area (Å²) >= 11 is 15.1. The Kier molecular flexibility index (Phi) is 6.55. The van der Waals surface area contributed by atoms with E-state index in [0.717, 1.165) is 23.1 Å². The standard InChI is InChI=1S/C12H15BrCl2O/c1-9(4-6-14)5-7-16-12-3-2-10(13)8-11(12)15/h2-3,8-9H,4-7H2,1H3. The van der Waals surface area contributed by atoms with Crippen molar-refractivity contribution in [3.63, 3.8) is 0 Å². The summed E-state index contributed by atoms with van der Waals surface area (Å²) in [5, 5.41) is 0.638. The first-order chi connectivity index (χ1) is 7.63. The monoisotopic (exact) mass is 324 g/mol. The molecule has 1 atom stereocenters. The van der Waals surface area contributed by atoms with Crippen molar-refractivity contribution in [2.75, 3.05) is 12.5 Å². The Morgan fingerprint density at radius 1 is 1.38 bits per heavy atom. The van der Waals surface area contributed by atoms with Crippen molar-refractivity contribution in [1.82, 2.24) is 0 Å². The van der Waals surface area contributed by atoms with Crippen molar-refractivity contribution in [3.05, 3.63) is 27.7 Å². The number of hydrogen-bond donors (Lipinski definition) is 0. The van der Waals surface area contributed by atoms with Crippen molar-refractivity contribution < 1.29 is 4.74 Å². The molecule has 1 aromatic rings. The molecule has 0 aliphatic rings. The molecule has 1 nitrogen and oxygen atoms in total. The zero-order valence-corrected chi connectivity index (χ0v) is 12.3. The van der Waals surface area contributed by atoms with Crippen molar-refractivity contribution in [1.29, 1.82) is 0 Å². The van der Waals surface area contributed by atoms with E-state index in [-0.39, 0.29) is 0 Å². The minimum absolute atomic E-state index is 0.590. The summed E-state index contributed by atoms with van der Waals surface area (Å²) in [6.07, 6.45) is 2.03. The maximum atomic E-state index is 6.03. The summed E-state index contributed by atoms with van der Waals surface area (Å²) in [5.41, 5.74) is 0. The predicted octanol–water partition coefficient (Wildman–Crippen LogP) is 5.14. The fourth-order valence-corrected chi connectivity index (χ4v) is 2.39. The van der Waals surface area contributed by atoms with Gasteiger partial charge in [-0.25, -0.2) is 0 Å². The molecule has 0 radical (unpaired) electrons. The summed E-state index contributed by atoms with van der Waals surface area (Å²) < 4.78 is 6.57. The predicted molar refractivity (Wildman–Crippen MR) is 73.8 cm³/mol. The molecule has 0 bridgehead atoms. The highest BCUT2D eigenvalue weighted by molar-refractivity contribution is 9.10. The molecular formula is C12H15BrCl2O. The average Bonchev–Trinajstić information content (AvgIpc) is 2.22. The fraction of sp³-hybridized carbons (Fsp3) is 0.500. The molecule has 0 amide bonds. The van der Waals surface area contributed by atoms with E-state index in [4.69, 9.17) is 27.9 Å². The largest absolute Gasteiger partial charge is 0.492 e. The summed E-state index contributed by atoms with van der Waals surface area (Å²) in [7, 11) is 0. The normalized spacial score (nSPS) is 12.5. The molecule has 1 unspecified atom stereocenters. The van der Waals surface area contributed by atoms with Crippen LogP contribution in [0, 0.1) is 5.92 Å². The first-order valence-corrected chi connectivity index (χ1v) is 6.98. The van der Waals surface area contributed by atoms with Gasteiger partial charge in [0, 0.05) is 10.4 Å². The Morgan fingerprint density at radius 3 is 2.75 bits per heavy atom. The maximum Gasteiger partial charge on any atom is 0.137 e. The van der Waals surface area contributed by atoms with Gasteiger partial charge in [0.1, 0.15) is 5.75 Å². The van der Waals surface area contributed by atoms with Gasteiger partial charge in [-0.1, -0.05) is 34.5 Å². The maximum absolute atomic E-state index is 6.03. The number of alkyl halides is 1. The Bertz CT molecular complexity index is 331. The molecule has 16 heavy (non-hydrogen) atoms. The van der Waals surface area contributed by atoms with Crippen molar-refractivity contribution >= 4 is 39.1 Å². The molecule has 90 valence electrons.